The molecule has 120 valence electrons. The number of nitrogens with one attached hydrogen (secondary N) is 2. The van der Waals surface area contributed by atoms with Crippen molar-refractivity contribution in [3.05, 3.63) is 56.7 Å². The Kier molecular flexibility index (Phi) is 5.06. The number of hydrogen-bond acceptors (Lipinski definition) is 5. The Balaban J connectivity index is 1.93. The molecule has 1 heterocycles. The molecule has 2 amide bonds. The summed E-state index contributed by atoms with van der Waals surface area (Å²) in [5, 5.41) is 15.2. The predicted molar refractivity (Wildman–Crippen MR) is 80.4 cm³/mol. The molecular formula is C13H9BrFN3O5. The standard InChI is InChI=1S/C13H9BrFN3O5/c14-11-4-3-10(23-11)13(20)16-6-12(19)17-7-1-2-8(15)9(5-7)18(21)22/h1-5H,6H2,(H,16,20)(H,17,19). The van der Waals surface area contributed by atoms with Gasteiger partial charge in [-0.25, -0.2) is 0 Å². The van der Waals surface area contributed by atoms with Crippen LogP contribution in [0.15, 0.2) is 39.4 Å². The van der Waals surface area contributed by atoms with E-state index in [0.29, 0.717) is 4.67 Å². The Morgan fingerprint density at radius 3 is 2.65 bits per heavy atom. The van der Waals surface area contributed by atoms with Crippen LogP contribution in [-0.4, -0.2) is 23.3 Å². The smallest absolute Gasteiger partial charge is 0.306 e. The summed E-state index contributed by atoms with van der Waals surface area (Å²) in [6.45, 7) is -0.387. The van der Waals surface area contributed by atoms with Crippen molar-refractivity contribution in [3.8, 4) is 0 Å². The van der Waals surface area contributed by atoms with Gasteiger partial charge >= 0.3 is 5.69 Å². The maximum atomic E-state index is 13.2. The highest BCUT2D eigenvalue weighted by atomic mass is 79.9. The number of nitro groups is 1. The molecular weight excluding hydrogens is 377 g/mol. The van der Waals surface area contributed by atoms with E-state index < -0.39 is 28.2 Å². The number of carbonyl (C=O) groups excluding carboxylic acids is 2. The molecule has 2 aromatic rings. The van der Waals surface area contributed by atoms with Crippen LogP contribution in [0.3, 0.4) is 0 Å². The molecule has 0 saturated heterocycles. The van der Waals surface area contributed by atoms with E-state index >= 15 is 0 Å². The van der Waals surface area contributed by atoms with E-state index in [1.165, 1.54) is 18.2 Å². The monoisotopic (exact) mass is 385 g/mol. The molecule has 8 nitrogen and oxygen atoms in total. The zero-order chi connectivity index (χ0) is 17.0. The number of amides is 2. The van der Waals surface area contributed by atoms with E-state index in [-0.39, 0.29) is 18.0 Å². The Labute approximate surface area is 136 Å². The van der Waals surface area contributed by atoms with Crippen LogP contribution in [0.2, 0.25) is 0 Å². The lowest BCUT2D eigenvalue weighted by Crippen LogP contribution is -2.32. The Morgan fingerprint density at radius 1 is 1.30 bits per heavy atom. The number of anilines is 1. The first-order chi connectivity index (χ1) is 10.9. The van der Waals surface area contributed by atoms with Crippen molar-refractivity contribution in [2.24, 2.45) is 0 Å². The van der Waals surface area contributed by atoms with Crippen molar-refractivity contribution in [3.63, 3.8) is 0 Å². The minimum Gasteiger partial charge on any atom is -0.444 e. The first-order valence-electron chi connectivity index (χ1n) is 6.14. The number of nitro benzene ring substituents is 1. The van der Waals surface area contributed by atoms with Crippen LogP contribution in [0.25, 0.3) is 0 Å². The topological polar surface area (TPSA) is 114 Å². The molecule has 0 spiro atoms. The van der Waals surface area contributed by atoms with Gasteiger partial charge in [0.2, 0.25) is 11.7 Å². The van der Waals surface area contributed by atoms with Crippen molar-refractivity contribution in [2.75, 3.05) is 11.9 Å². The lowest BCUT2D eigenvalue weighted by molar-refractivity contribution is -0.387. The minimum atomic E-state index is -1.01. The van der Waals surface area contributed by atoms with Crippen molar-refractivity contribution >= 4 is 39.1 Å². The van der Waals surface area contributed by atoms with Gasteiger partial charge in [0.25, 0.3) is 5.91 Å². The fraction of sp³-hybridized carbons (Fsp3) is 0.0769. The number of hydrogen-bond donors (Lipinski definition) is 2. The van der Waals surface area contributed by atoms with E-state index in [1.54, 1.807) is 0 Å². The van der Waals surface area contributed by atoms with Crippen molar-refractivity contribution < 1.29 is 23.3 Å². The average Bonchev–Trinajstić information content (AvgIpc) is 2.93. The molecule has 0 fully saturated rings. The van der Waals surface area contributed by atoms with Crippen LogP contribution >= 0.6 is 15.9 Å². The van der Waals surface area contributed by atoms with E-state index in [9.17, 15) is 24.1 Å². The molecule has 0 aliphatic rings. The van der Waals surface area contributed by atoms with E-state index in [2.05, 4.69) is 26.6 Å². The summed E-state index contributed by atoms with van der Waals surface area (Å²) >= 11 is 3.04. The normalized spacial score (nSPS) is 10.2. The number of nitrogens with zero attached hydrogens (tertiary/aromatic N) is 1. The first kappa shape index (κ1) is 16.6. The van der Waals surface area contributed by atoms with E-state index in [0.717, 1.165) is 12.1 Å². The van der Waals surface area contributed by atoms with Gasteiger partial charge in [0.1, 0.15) is 0 Å². The Morgan fingerprint density at radius 2 is 2.04 bits per heavy atom. The molecule has 0 saturated carbocycles. The summed E-state index contributed by atoms with van der Waals surface area (Å²) in [6.07, 6.45) is 0. The molecule has 0 unspecified atom stereocenters. The van der Waals surface area contributed by atoms with Gasteiger partial charge < -0.3 is 15.1 Å². The van der Waals surface area contributed by atoms with Crippen LogP contribution in [0.1, 0.15) is 10.6 Å². The molecule has 0 aliphatic carbocycles. The molecule has 2 rings (SSSR count). The molecule has 10 heteroatoms. The van der Waals surface area contributed by atoms with E-state index in [4.69, 9.17) is 4.42 Å². The molecule has 2 N–H and O–H groups in total. The third-order valence-corrected chi connectivity index (χ3v) is 3.06. The third-order valence-electron chi connectivity index (χ3n) is 2.63. The molecule has 0 bridgehead atoms. The lowest BCUT2D eigenvalue weighted by atomic mass is 10.2. The summed E-state index contributed by atoms with van der Waals surface area (Å²) in [4.78, 5) is 33.1. The largest absolute Gasteiger partial charge is 0.444 e. The summed E-state index contributed by atoms with van der Waals surface area (Å²) in [5.74, 6) is -2.23. The Bertz CT molecular complexity index is 777. The van der Waals surface area contributed by atoms with Gasteiger partial charge in [0.15, 0.2) is 10.4 Å². The SMILES string of the molecule is O=C(CNC(=O)c1ccc(Br)o1)Nc1ccc(F)c([N+](=O)[O-])c1. The van der Waals surface area contributed by atoms with Gasteiger partial charge in [-0.05, 0) is 40.2 Å². The lowest BCUT2D eigenvalue weighted by Gasteiger charge is -2.06. The fourth-order valence-electron chi connectivity index (χ4n) is 1.62. The van der Waals surface area contributed by atoms with Crippen LogP contribution in [-0.2, 0) is 4.79 Å². The van der Waals surface area contributed by atoms with Crippen LogP contribution in [0.5, 0.6) is 0 Å². The summed E-state index contributed by atoms with van der Waals surface area (Å²) < 4.78 is 18.5. The molecule has 23 heavy (non-hydrogen) atoms. The predicted octanol–water partition coefficient (Wildman–Crippen LogP) is 2.46. The highest BCUT2D eigenvalue weighted by molar-refractivity contribution is 9.10. The number of furan rings is 1. The maximum Gasteiger partial charge on any atom is 0.306 e. The van der Waals surface area contributed by atoms with Gasteiger partial charge in [-0.3, -0.25) is 19.7 Å². The quantitative estimate of drug-likeness (QED) is 0.605. The second-order valence-corrected chi connectivity index (χ2v) is 5.04. The van der Waals surface area contributed by atoms with Gasteiger partial charge in [-0.2, -0.15) is 4.39 Å². The number of carbonyl (C=O) groups is 2. The molecule has 1 aromatic heterocycles. The second-order valence-electron chi connectivity index (χ2n) is 4.26. The van der Waals surface area contributed by atoms with Crippen LogP contribution in [0.4, 0.5) is 15.8 Å². The van der Waals surface area contributed by atoms with Gasteiger partial charge in [-0.1, -0.05) is 0 Å². The summed E-state index contributed by atoms with van der Waals surface area (Å²) in [7, 11) is 0. The number of rotatable bonds is 5. The molecule has 0 aliphatic heterocycles. The van der Waals surface area contributed by atoms with Gasteiger partial charge in [-0.15, -0.1) is 0 Å². The molecule has 1 aromatic carbocycles. The van der Waals surface area contributed by atoms with Crippen molar-refractivity contribution in [1.82, 2.24) is 5.32 Å². The minimum absolute atomic E-state index is 0.0158. The van der Waals surface area contributed by atoms with Crippen molar-refractivity contribution in [1.29, 1.82) is 0 Å². The van der Waals surface area contributed by atoms with Crippen molar-refractivity contribution in [2.45, 2.75) is 0 Å². The summed E-state index contributed by atoms with van der Waals surface area (Å²) in [5.41, 5.74) is -0.717. The van der Waals surface area contributed by atoms with Gasteiger partial charge in [0.05, 0.1) is 11.5 Å². The highest BCUT2D eigenvalue weighted by Gasteiger charge is 2.16. The van der Waals surface area contributed by atoms with Crippen LogP contribution < -0.4 is 10.6 Å². The number of benzene rings is 1. The first-order valence-corrected chi connectivity index (χ1v) is 6.93. The van der Waals surface area contributed by atoms with Gasteiger partial charge in [0, 0.05) is 11.8 Å². The molecule has 0 radical (unpaired) electrons. The Hall–Kier alpha value is -2.75. The summed E-state index contributed by atoms with van der Waals surface area (Å²) in [6, 6.07) is 5.87. The number of halogens is 2. The zero-order valence-corrected chi connectivity index (χ0v) is 12.9. The molecule has 0 atom stereocenters. The fourth-order valence-corrected chi connectivity index (χ4v) is 1.93. The average molecular weight is 386 g/mol. The van der Waals surface area contributed by atoms with E-state index in [1.807, 2.05) is 0 Å². The third kappa shape index (κ3) is 4.36. The maximum absolute atomic E-state index is 13.2. The highest BCUT2D eigenvalue weighted by Crippen LogP contribution is 2.21. The van der Waals surface area contributed by atoms with Crippen LogP contribution in [0, 0.1) is 15.9 Å². The zero-order valence-electron chi connectivity index (χ0n) is 11.3. The second kappa shape index (κ2) is 7.01.